The Kier molecular flexibility index (Phi) is 4.39. The summed E-state index contributed by atoms with van der Waals surface area (Å²) >= 11 is 0. The van der Waals surface area contributed by atoms with Crippen molar-refractivity contribution in [3.63, 3.8) is 0 Å². The molecule has 3 unspecified atom stereocenters. The van der Waals surface area contributed by atoms with Crippen molar-refractivity contribution in [2.75, 3.05) is 13.6 Å². The second kappa shape index (κ2) is 5.74. The Balaban J connectivity index is 2.11. The highest BCUT2D eigenvalue weighted by Gasteiger charge is 2.35. The minimum absolute atomic E-state index is 0.0832. The zero-order valence-corrected chi connectivity index (χ0v) is 11.7. The van der Waals surface area contributed by atoms with Gasteiger partial charge in [-0.3, -0.25) is 0 Å². The Bertz CT molecular complexity index is 461. The van der Waals surface area contributed by atoms with Crippen LogP contribution in [0.25, 0.3) is 0 Å². The number of fused-ring (bicyclic) bond motifs is 1. The van der Waals surface area contributed by atoms with Gasteiger partial charge in [0.25, 0.3) is 0 Å². The van der Waals surface area contributed by atoms with Gasteiger partial charge in [0.15, 0.2) is 0 Å². The molecule has 1 aromatic carbocycles. The normalized spacial score (nSPS) is 26.6. The first-order valence-corrected chi connectivity index (χ1v) is 6.83. The Hall–Kier alpha value is -1.07. The third kappa shape index (κ3) is 3.33. The number of hydrogen-bond acceptors (Lipinski definition) is 2. The van der Waals surface area contributed by atoms with Crippen LogP contribution in [0.1, 0.15) is 42.9 Å². The molecule has 0 aromatic heterocycles. The van der Waals surface area contributed by atoms with Gasteiger partial charge in [-0.2, -0.15) is 13.2 Å². The highest BCUT2D eigenvalue weighted by Crippen LogP contribution is 2.39. The zero-order chi connectivity index (χ0) is 14.9. The number of aliphatic hydroxyl groups excluding tert-OH is 1. The van der Waals surface area contributed by atoms with Crippen LogP contribution in [0.2, 0.25) is 0 Å². The van der Waals surface area contributed by atoms with E-state index in [1.807, 2.05) is 24.3 Å². The summed E-state index contributed by atoms with van der Waals surface area (Å²) in [6.45, 7) is 1.97. The van der Waals surface area contributed by atoms with Crippen LogP contribution in [0.4, 0.5) is 13.2 Å². The third-order valence-corrected chi connectivity index (χ3v) is 4.12. The predicted octanol–water partition coefficient (Wildman–Crippen LogP) is 3.48. The van der Waals surface area contributed by atoms with Gasteiger partial charge in [-0.05, 0) is 30.5 Å². The van der Waals surface area contributed by atoms with Gasteiger partial charge < -0.3 is 10.0 Å². The van der Waals surface area contributed by atoms with Crippen molar-refractivity contribution in [3.8, 4) is 0 Å². The zero-order valence-electron chi connectivity index (χ0n) is 11.7. The molecular formula is C15H20F3NO. The lowest BCUT2D eigenvalue weighted by molar-refractivity contribution is -0.139. The lowest BCUT2D eigenvalue weighted by Crippen LogP contribution is -2.42. The monoisotopic (exact) mass is 287 g/mol. The molecule has 0 aliphatic heterocycles. The summed E-state index contributed by atoms with van der Waals surface area (Å²) in [5, 5.41) is 10.4. The van der Waals surface area contributed by atoms with Gasteiger partial charge in [0.1, 0.15) is 0 Å². The molecule has 2 nitrogen and oxygen atoms in total. The van der Waals surface area contributed by atoms with Gasteiger partial charge in [0.05, 0.1) is 12.5 Å². The molecule has 0 heterocycles. The number of alkyl halides is 3. The molecule has 1 aliphatic carbocycles. The molecule has 1 aromatic rings. The second-order valence-corrected chi connectivity index (χ2v) is 5.62. The summed E-state index contributed by atoms with van der Waals surface area (Å²) in [6.07, 6.45) is -5.05. The molecule has 112 valence electrons. The standard InChI is InChI=1S/C15H20F3NO/c1-10-9-13(19(2)8-7-15(16,17)18)14(20)12-6-4-3-5-11(10)12/h3-6,10,13-14,20H,7-9H2,1-2H3. The maximum atomic E-state index is 12.3. The van der Waals surface area contributed by atoms with Crippen LogP contribution >= 0.6 is 0 Å². The van der Waals surface area contributed by atoms with Gasteiger partial charge in [0.2, 0.25) is 0 Å². The molecule has 0 amide bonds. The van der Waals surface area contributed by atoms with Crippen LogP contribution in [0.3, 0.4) is 0 Å². The van der Waals surface area contributed by atoms with Crippen LogP contribution < -0.4 is 0 Å². The summed E-state index contributed by atoms with van der Waals surface area (Å²) in [4.78, 5) is 1.63. The highest BCUT2D eigenvalue weighted by atomic mass is 19.4. The van der Waals surface area contributed by atoms with E-state index in [2.05, 4.69) is 6.92 Å². The van der Waals surface area contributed by atoms with Crippen molar-refractivity contribution in [1.29, 1.82) is 0 Å². The highest BCUT2D eigenvalue weighted by molar-refractivity contribution is 5.35. The average Bonchev–Trinajstić information content (AvgIpc) is 2.39. The van der Waals surface area contributed by atoms with E-state index < -0.39 is 18.7 Å². The van der Waals surface area contributed by atoms with E-state index in [-0.39, 0.29) is 18.5 Å². The molecule has 0 spiro atoms. The second-order valence-electron chi connectivity index (χ2n) is 5.62. The van der Waals surface area contributed by atoms with Crippen molar-refractivity contribution in [3.05, 3.63) is 35.4 Å². The minimum atomic E-state index is -4.16. The summed E-state index contributed by atoms with van der Waals surface area (Å²) in [5.41, 5.74) is 1.94. The van der Waals surface area contributed by atoms with Crippen LogP contribution in [0.15, 0.2) is 24.3 Å². The van der Waals surface area contributed by atoms with Crippen molar-refractivity contribution < 1.29 is 18.3 Å². The van der Waals surface area contributed by atoms with E-state index in [9.17, 15) is 18.3 Å². The van der Waals surface area contributed by atoms with Crippen molar-refractivity contribution in [2.24, 2.45) is 0 Å². The van der Waals surface area contributed by atoms with Gasteiger partial charge >= 0.3 is 6.18 Å². The number of likely N-dealkylation sites (N-methyl/N-ethyl adjacent to an activating group) is 1. The summed E-state index contributed by atoms with van der Waals surface area (Å²) in [6, 6.07) is 7.36. The van der Waals surface area contributed by atoms with E-state index in [0.29, 0.717) is 6.42 Å². The molecule has 2 rings (SSSR count). The van der Waals surface area contributed by atoms with E-state index in [1.165, 1.54) is 0 Å². The largest absolute Gasteiger partial charge is 0.390 e. The molecule has 0 saturated heterocycles. The number of benzene rings is 1. The predicted molar refractivity (Wildman–Crippen MR) is 71.5 cm³/mol. The Morgan fingerprint density at radius 2 is 1.85 bits per heavy atom. The first kappa shape index (κ1) is 15.3. The molecule has 20 heavy (non-hydrogen) atoms. The fourth-order valence-corrected chi connectivity index (χ4v) is 2.94. The van der Waals surface area contributed by atoms with Crippen LogP contribution in [-0.4, -0.2) is 35.8 Å². The van der Waals surface area contributed by atoms with E-state index in [4.69, 9.17) is 0 Å². The number of hydrogen-bond donors (Lipinski definition) is 1. The first-order chi connectivity index (χ1) is 9.29. The Morgan fingerprint density at radius 3 is 2.45 bits per heavy atom. The fraction of sp³-hybridized carbons (Fsp3) is 0.600. The number of nitrogens with zero attached hydrogens (tertiary/aromatic N) is 1. The number of halogens is 3. The number of rotatable bonds is 3. The topological polar surface area (TPSA) is 23.5 Å². The molecule has 3 atom stereocenters. The molecule has 0 radical (unpaired) electrons. The van der Waals surface area contributed by atoms with Crippen LogP contribution in [0, 0.1) is 0 Å². The van der Waals surface area contributed by atoms with Gasteiger partial charge in [-0.15, -0.1) is 0 Å². The maximum absolute atomic E-state index is 12.3. The molecule has 0 saturated carbocycles. The lowest BCUT2D eigenvalue weighted by Gasteiger charge is -2.39. The molecule has 1 aliphatic rings. The lowest BCUT2D eigenvalue weighted by atomic mass is 9.79. The van der Waals surface area contributed by atoms with Crippen molar-refractivity contribution in [2.45, 2.75) is 44.0 Å². The molecule has 0 bridgehead atoms. The van der Waals surface area contributed by atoms with E-state index >= 15 is 0 Å². The van der Waals surface area contributed by atoms with Gasteiger partial charge in [-0.1, -0.05) is 31.2 Å². The molecule has 5 heteroatoms. The van der Waals surface area contributed by atoms with Crippen molar-refractivity contribution in [1.82, 2.24) is 4.90 Å². The third-order valence-electron chi connectivity index (χ3n) is 4.12. The van der Waals surface area contributed by atoms with Crippen molar-refractivity contribution >= 4 is 0 Å². The van der Waals surface area contributed by atoms with E-state index in [1.54, 1.807) is 11.9 Å². The van der Waals surface area contributed by atoms with Gasteiger partial charge in [-0.25, -0.2) is 0 Å². The smallest absolute Gasteiger partial charge is 0.387 e. The fourth-order valence-electron chi connectivity index (χ4n) is 2.94. The van der Waals surface area contributed by atoms with Crippen LogP contribution in [0.5, 0.6) is 0 Å². The Labute approximate surface area is 117 Å². The SMILES string of the molecule is CC1CC(N(C)CCC(F)(F)F)C(O)c2ccccc21. The Morgan fingerprint density at radius 1 is 1.25 bits per heavy atom. The maximum Gasteiger partial charge on any atom is 0.390 e. The molecule has 0 fully saturated rings. The summed E-state index contributed by atoms with van der Waals surface area (Å²) in [5.74, 6) is 0.243. The summed E-state index contributed by atoms with van der Waals surface area (Å²) in [7, 11) is 1.65. The number of aliphatic hydroxyl groups is 1. The minimum Gasteiger partial charge on any atom is -0.387 e. The van der Waals surface area contributed by atoms with E-state index in [0.717, 1.165) is 11.1 Å². The first-order valence-electron chi connectivity index (χ1n) is 6.83. The quantitative estimate of drug-likeness (QED) is 0.920. The summed E-state index contributed by atoms with van der Waals surface area (Å²) < 4.78 is 36.9. The van der Waals surface area contributed by atoms with Crippen LogP contribution in [-0.2, 0) is 0 Å². The molecular weight excluding hydrogens is 267 g/mol. The average molecular weight is 287 g/mol. The van der Waals surface area contributed by atoms with Gasteiger partial charge in [0, 0.05) is 12.6 Å². The molecule has 1 N–H and O–H groups in total.